The van der Waals surface area contributed by atoms with Gasteiger partial charge in [0, 0.05) is 6.07 Å². The third kappa shape index (κ3) is 3.80. The highest BCUT2D eigenvalue weighted by molar-refractivity contribution is 7.12. The van der Waals surface area contributed by atoms with Gasteiger partial charge in [-0.15, -0.1) is 17.8 Å². The van der Waals surface area contributed by atoms with Crippen molar-refractivity contribution in [2.75, 3.05) is 11.9 Å². The van der Waals surface area contributed by atoms with E-state index in [4.69, 9.17) is 27.9 Å². The second kappa shape index (κ2) is 7.13. The van der Waals surface area contributed by atoms with Crippen molar-refractivity contribution in [2.45, 2.75) is 0 Å². The molecular formula is C15H9ClFNO4S. The number of nitrogens with one attached hydrogen (secondary N) is 1. The van der Waals surface area contributed by atoms with Gasteiger partial charge < -0.3 is 15.2 Å². The van der Waals surface area contributed by atoms with Crippen LogP contribution in [0, 0.1) is 18.2 Å². The summed E-state index contributed by atoms with van der Waals surface area (Å²) in [4.78, 5) is 23.1. The highest BCUT2D eigenvalue weighted by Gasteiger charge is 2.20. The largest absolute Gasteiger partial charge is 0.479 e. The molecule has 0 aliphatic carbocycles. The van der Waals surface area contributed by atoms with E-state index in [1.165, 1.54) is 17.5 Å². The number of carboxylic acid groups (broad SMARTS) is 1. The zero-order valence-corrected chi connectivity index (χ0v) is 13.0. The van der Waals surface area contributed by atoms with Crippen molar-refractivity contribution < 1.29 is 23.8 Å². The molecule has 23 heavy (non-hydrogen) atoms. The minimum Gasteiger partial charge on any atom is -0.479 e. The van der Waals surface area contributed by atoms with Gasteiger partial charge in [-0.3, -0.25) is 4.79 Å². The maximum atomic E-state index is 13.9. The molecule has 0 saturated carbocycles. The van der Waals surface area contributed by atoms with E-state index < -0.39 is 17.7 Å². The zero-order chi connectivity index (χ0) is 17.0. The molecule has 0 saturated heterocycles. The summed E-state index contributed by atoms with van der Waals surface area (Å²) < 4.78 is 19.0. The van der Waals surface area contributed by atoms with Crippen molar-refractivity contribution in [2.24, 2.45) is 0 Å². The average molecular weight is 354 g/mol. The van der Waals surface area contributed by atoms with E-state index in [2.05, 4.69) is 11.2 Å². The van der Waals surface area contributed by atoms with Crippen molar-refractivity contribution in [1.29, 1.82) is 0 Å². The molecule has 8 heteroatoms. The number of hydrogen-bond acceptors (Lipinski definition) is 4. The molecule has 2 aromatic rings. The third-order valence-corrected chi connectivity index (χ3v) is 3.89. The van der Waals surface area contributed by atoms with Crippen molar-refractivity contribution in [1.82, 2.24) is 0 Å². The van der Waals surface area contributed by atoms with Gasteiger partial charge in [-0.2, -0.15) is 0 Å². The molecule has 1 heterocycles. The summed E-state index contributed by atoms with van der Waals surface area (Å²) in [5.74, 6) is -0.442. The van der Waals surface area contributed by atoms with Gasteiger partial charge in [-0.25, -0.2) is 9.18 Å². The minimum absolute atomic E-state index is 0.00176. The van der Waals surface area contributed by atoms with Gasteiger partial charge in [-0.05, 0) is 17.5 Å². The van der Waals surface area contributed by atoms with E-state index in [1.54, 1.807) is 0 Å². The van der Waals surface area contributed by atoms with Gasteiger partial charge in [0.1, 0.15) is 23.1 Å². The lowest BCUT2D eigenvalue weighted by molar-refractivity contribution is 0.0693. The molecule has 0 aliphatic rings. The summed E-state index contributed by atoms with van der Waals surface area (Å²) in [5, 5.41) is 12.7. The highest BCUT2D eigenvalue weighted by Crippen LogP contribution is 2.31. The lowest BCUT2D eigenvalue weighted by Gasteiger charge is -2.10. The number of hydrogen-bond donors (Lipinski definition) is 2. The van der Waals surface area contributed by atoms with Crippen LogP contribution in [0.25, 0.3) is 0 Å². The van der Waals surface area contributed by atoms with Gasteiger partial charge in [0.2, 0.25) is 0 Å². The number of thiophene rings is 1. The predicted octanol–water partition coefficient (Wildman–Crippen LogP) is 3.50. The maximum Gasteiger partial charge on any atom is 0.337 e. The fourth-order valence-corrected chi connectivity index (χ4v) is 2.67. The van der Waals surface area contributed by atoms with Crippen LogP contribution in [-0.2, 0) is 0 Å². The Labute approximate surface area is 139 Å². The Morgan fingerprint density at radius 1 is 1.48 bits per heavy atom. The molecule has 0 unspecified atom stereocenters. The van der Waals surface area contributed by atoms with E-state index in [-0.39, 0.29) is 33.5 Å². The Kier molecular flexibility index (Phi) is 5.21. The quantitative estimate of drug-likeness (QED) is 0.807. The maximum absolute atomic E-state index is 13.9. The normalized spacial score (nSPS) is 9.96. The summed E-state index contributed by atoms with van der Waals surface area (Å²) in [7, 11) is 0. The summed E-state index contributed by atoms with van der Waals surface area (Å²) in [5.41, 5.74) is -0.359. The third-order valence-electron chi connectivity index (χ3n) is 2.68. The second-order valence-corrected chi connectivity index (χ2v) is 5.50. The Bertz CT molecular complexity index is 812. The van der Waals surface area contributed by atoms with Crippen LogP contribution < -0.4 is 10.1 Å². The first-order chi connectivity index (χ1) is 10.9. The summed E-state index contributed by atoms with van der Waals surface area (Å²) in [6, 6.07) is 3.44. The predicted molar refractivity (Wildman–Crippen MR) is 85.0 cm³/mol. The Balaban J connectivity index is 2.29. The molecule has 1 aromatic heterocycles. The first kappa shape index (κ1) is 16.8. The zero-order valence-electron chi connectivity index (χ0n) is 11.4. The highest BCUT2D eigenvalue weighted by atomic mass is 35.5. The van der Waals surface area contributed by atoms with Crippen molar-refractivity contribution in [3.8, 4) is 18.1 Å². The van der Waals surface area contributed by atoms with Crippen molar-refractivity contribution in [3.05, 3.63) is 44.9 Å². The van der Waals surface area contributed by atoms with Crippen LogP contribution in [0.2, 0.25) is 5.02 Å². The number of carboxylic acids is 1. The number of aromatic carboxylic acids is 1. The van der Waals surface area contributed by atoms with Crippen LogP contribution in [0.1, 0.15) is 20.0 Å². The van der Waals surface area contributed by atoms with E-state index >= 15 is 0 Å². The van der Waals surface area contributed by atoms with Gasteiger partial charge in [0.05, 0.1) is 16.3 Å². The molecule has 5 nitrogen and oxygen atoms in total. The van der Waals surface area contributed by atoms with Crippen LogP contribution in [0.3, 0.4) is 0 Å². The smallest absolute Gasteiger partial charge is 0.337 e. The molecular weight excluding hydrogens is 345 g/mol. The molecule has 0 bridgehead atoms. The number of terminal acetylenes is 1. The molecule has 0 radical (unpaired) electrons. The number of ether oxygens (including phenoxy) is 1. The fourth-order valence-electron chi connectivity index (χ4n) is 1.69. The molecule has 0 atom stereocenters. The Morgan fingerprint density at radius 3 is 2.87 bits per heavy atom. The first-order valence-electron chi connectivity index (χ1n) is 6.11. The number of anilines is 1. The number of carbonyl (C=O) groups is 2. The van der Waals surface area contributed by atoms with E-state index in [0.717, 1.165) is 17.4 Å². The second-order valence-electron chi connectivity index (χ2n) is 4.18. The Morgan fingerprint density at radius 2 is 2.22 bits per heavy atom. The molecule has 0 fully saturated rings. The standard InChI is InChI=1S/C15H9ClFNO4S/c1-2-4-22-12-7-11(10(17)6-9(12)16)18-14(19)13-8(15(20)21)3-5-23-13/h1,3,5-7H,4H2,(H,18,19)(H,20,21). The SMILES string of the molecule is C#CCOc1cc(NC(=O)c2sccc2C(=O)O)c(F)cc1Cl. The molecule has 0 aliphatic heterocycles. The monoisotopic (exact) mass is 353 g/mol. The van der Waals surface area contributed by atoms with E-state index in [0.29, 0.717) is 0 Å². The summed E-state index contributed by atoms with van der Waals surface area (Å²) >= 11 is 6.75. The van der Waals surface area contributed by atoms with Crippen molar-refractivity contribution >= 4 is 40.5 Å². The fraction of sp³-hybridized carbons (Fsp3) is 0.0667. The number of benzene rings is 1. The van der Waals surface area contributed by atoms with Crippen LogP contribution in [0.4, 0.5) is 10.1 Å². The van der Waals surface area contributed by atoms with Gasteiger partial charge in [-0.1, -0.05) is 17.5 Å². The molecule has 1 aromatic carbocycles. The lowest BCUT2D eigenvalue weighted by atomic mass is 10.2. The van der Waals surface area contributed by atoms with E-state index in [1.807, 2.05) is 0 Å². The topological polar surface area (TPSA) is 75.6 Å². The van der Waals surface area contributed by atoms with Crippen LogP contribution in [-0.4, -0.2) is 23.6 Å². The van der Waals surface area contributed by atoms with Crippen LogP contribution >= 0.6 is 22.9 Å². The lowest BCUT2D eigenvalue weighted by Crippen LogP contribution is -2.15. The number of halogens is 2. The van der Waals surface area contributed by atoms with Crippen LogP contribution in [0.15, 0.2) is 23.6 Å². The number of amides is 1. The van der Waals surface area contributed by atoms with Crippen LogP contribution in [0.5, 0.6) is 5.75 Å². The number of rotatable bonds is 5. The molecule has 2 N–H and O–H groups in total. The first-order valence-corrected chi connectivity index (χ1v) is 7.37. The van der Waals surface area contributed by atoms with E-state index in [9.17, 15) is 14.0 Å². The molecule has 1 amide bonds. The molecule has 118 valence electrons. The number of carbonyl (C=O) groups excluding carboxylic acids is 1. The average Bonchev–Trinajstić information content (AvgIpc) is 2.98. The van der Waals surface area contributed by atoms with Gasteiger partial charge in [0.15, 0.2) is 0 Å². The summed E-state index contributed by atoms with van der Waals surface area (Å²) in [6.45, 7) is -0.0766. The Hall–Kier alpha value is -2.56. The summed E-state index contributed by atoms with van der Waals surface area (Å²) in [6.07, 6.45) is 5.07. The van der Waals surface area contributed by atoms with Gasteiger partial charge in [0.25, 0.3) is 5.91 Å². The van der Waals surface area contributed by atoms with Gasteiger partial charge >= 0.3 is 5.97 Å². The minimum atomic E-state index is -1.24. The van der Waals surface area contributed by atoms with Crippen molar-refractivity contribution in [3.63, 3.8) is 0 Å². The molecule has 2 rings (SSSR count). The molecule has 0 spiro atoms.